The molecule has 0 bridgehead atoms. The van der Waals surface area contributed by atoms with Crippen LogP contribution in [0.3, 0.4) is 0 Å². The number of benzene rings is 1. The summed E-state index contributed by atoms with van der Waals surface area (Å²) in [5.41, 5.74) is 3.81. The van der Waals surface area contributed by atoms with Gasteiger partial charge < -0.3 is 14.8 Å². The summed E-state index contributed by atoms with van der Waals surface area (Å²) in [7, 11) is 1.69. The van der Waals surface area contributed by atoms with Gasteiger partial charge in [-0.1, -0.05) is 17.7 Å². The Hall–Kier alpha value is -1.06. The van der Waals surface area contributed by atoms with Gasteiger partial charge in [0.25, 0.3) is 0 Å². The summed E-state index contributed by atoms with van der Waals surface area (Å²) >= 11 is 0. The van der Waals surface area contributed by atoms with Gasteiger partial charge in [-0.25, -0.2) is 0 Å². The molecule has 0 aliphatic heterocycles. The van der Waals surface area contributed by atoms with Crippen molar-refractivity contribution in [3.63, 3.8) is 0 Å². The molecule has 0 spiro atoms. The Kier molecular flexibility index (Phi) is 6.67. The van der Waals surface area contributed by atoms with Crippen molar-refractivity contribution in [2.75, 3.05) is 38.8 Å². The first-order chi connectivity index (χ1) is 8.24. The van der Waals surface area contributed by atoms with Crippen LogP contribution in [-0.2, 0) is 9.47 Å². The second-order valence-electron chi connectivity index (χ2n) is 4.20. The normalized spacial score (nSPS) is 10.5. The molecule has 0 atom stereocenters. The molecule has 1 N–H and O–H groups in total. The summed E-state index contributed by atoms with van der Waals surface area (Å²) in [5, 5.41) is 3.42. The van der Waals surface area contributed by atoms with Crippen molar-refractivity contribution >= 4 is 5.69 Å². The van der Waals surface area contributed by atoms with Crippen LogP contribution in [0.15, 0.2) is 18.2 Å². The Morgan fingerprint density at radius 3 is 2.65 bits per heavy atom. The van der Waals surface area contributed by atoms with Crippen LogP contribution in [-0.4, -0.2) is 33.5 Å². The second kappa shape index (κ2) is 8.09. The van der Waals surface area contributed by atoms with Crippen molar-refractivity contribution in [3.05, 3.63) is 29.3 Å². The van der Waals surface area contributed by atoms with Gasteiger partial charge >= 0.3 is 0 Å². The lowest BCUT2D eigenvalue weighted by molar-refractivity contribution is 0.0705. The molecule has 0 saturated carbocycles. The molecule has 0 fully saturated rings. The zero-order valence-electron chi connectivity index (χ0n) is 11.1. The molecule has 0 amide bonds. The zero-order valence-corrected chi connectivity index (χ0v) is 11.1. The van der Waals surface area contributed by atoms with Gasteiger partial charge in [0.2, 0.25) is 0 Å². The third kappa shape index (κ3) is 5.71. The van der Waals surface area contributed by atoms with E-state index in [1.54, 1.807) is 7.11 Å². The van der Waals surface area contributed by atoms with Crippen molar-refractivity contribution in [3.8, 4) is 0 Å². The van der Waals surface area contributed by atoms with Crippen LogP contribution in [0.2, 0.25) is 0 Å². The quantitative estimate of drug-likeness (QED) is 0.705. The average molecular weight is 237 g/mol. The van der Waals surface area contributed by atoms with Crippen molar-refractivity contribution in [1.29, 1.82) is 0 Å². The minimum atomic E-state index is 0.671. The predicted octanol–water partition coefficient (Wildman–Crippen LogP) is 2.77. The molecule has 96 valence electrons. The molecule has 0 radical (unpaired) electrons. The number of rotatable bonds is 8. The summed E-state index contributed by atoms with van der Waals surface area (Å²) in [6, 6.07) is 6.46. The molecule has 0 saturated heterocycles. The fourth-order valence-electron chi connectivity index (χ4n) is 1.65. The van der Waals surface area contributed by atoms with Crippen LogP contribution >= 0.6 is 0 Å². The van der Waals surface area contributed by atoms with Crippen LogP contribution in [0.1, 0.15) is 17.5 Å². The first-order valence-corrected chi connectivity index (χ1v) is 6.12. The fourth-order valence-corrected chi connectivity index (χ4v) is 1.65. The maximum atomic E-state index is 5.40. The number of nitrogens with one attached hydrogen (secondary N) is 1. The first kappa shape index (κ1) is 14.0. The maximum absolute atomic E-state index is 5.40. The summed E-state index contributed by atoms with van der Waals surface area (Å²) in [5.74, 6) is 0. The van der Waals surface area contributed by atoms with Gasteiger partial charge in [-0.15, -0.1) is 0 Å². The molecule has 0 aliphatic rings. The van der Waals surface area contributed by atoms with Crippen LogP contribution in [0.4, 0.5) is 5.69 Å². The molecule has 0 heterocycles. The van der Waals surface area contributed by atoms with E-state index in [2.05, 4.69) is 37.4 Å². The Balaban J connectivity index is 2.14. The van der Waals surface area contributed by atoms with Gasteiger partial charge in [-0.2, -0.15) is 0 Å². The van der Waals surface area contributed by atoms with Gasteiger partial charge in [0, 0.05) is 25.9 Å². The smallest absolute Gasteiger partial charge is 0.0700 e. The monoisotopic (exact) mass is 237 g/mol. The topological polar surface area (TPSA) is 30.5 Å². The Morgan fingerprint density at radius 1 is 1.12 bits per heavy atom. The lowest BCUT2D eigenvalue weighted by atomic mass is 10.1. The fraction of sp³-hybridized carbons (Fsp3) is 0.571. The highest BCUT2D eigenvalue weighted by Gasteiger charge is 1.97. The number of ether oxygens (including phenoxy) is 2. The van der Waals surface area contributed by atoms with E-state index in [1.165, 1.54) is 16.8 Å². The second-order valence-corrected chi connectivity index (χ2v) is 4.20. The molecule has 3 nitrogen and oxygen atoms in total. The van der Waals surface area contributed by atoms with Crippen molar-refractivity contribution in [2.45, 2.75) is 20.3 Å². The van der Waals surface area contributed by atoms with Crippen LogP contribution < -0.4 is 5.32 Å². The predicted molar refractivity (Wildman–Crippen MR) is 71.7 cm³/mol. The maximum Gasteiger partial charge on any atom is 0.0700 e. The largest absolute Gasteiger partial charge is 0.385 e. The lowest BCUT2D eigenvalue weighted by Crippen LogP contribution is -2.09. The minimum absolute atomic E-state index is 0.671. The van der Waals surface area contributed by atoms with Gasteiger partial charge in [0.05, 0.1) is 13.2 Å². The van der Waals surface area contributed by atoms with E-state index in [0.29, 0.717) is 13.2 Å². The minimum Gasteiger partial charge on any atom is -0.385 e. The third-order valence-corrected chi connectivity index (χ3v) is 2.59. The Bertz CT molecular complexity index is 326. The number of hydrogen-bond donors (Lipinski definition) is 1. The van der Waals surface area contributed by atoms with Gasteiger partial charge in [0.1, 0.15) is 0 Å². The van der Waals surface area contributed by atoms with E-state index >= 15 is 0 Å². The Labute approximate surface area is 104 Å². The number of methoxy groups -OCH3 is 1. The van der Waals surface area contributed by atoms with Gasteiger partial charge in [-0.3, -0.25) is 0 Å². The van der Waals surface area contributed by atoms with E-state index in [9.17, 15) is 0 Å². The van der Waals surface area contributed by atoms with E-state index in [1.807, 2.05) is 0 Å². The van der Waals surface area contributed by atoms with Crippen molar-refractivity contribution in [2.24, 2.45) is 0 Å². The van der Waals surface area contributed by atoms with Gasteiger partial charge in [-0.05, 0) is 31.9 Å². The molecule has 0 aromatic heterocycles. The SMILES string of the molecule is COCCOCCCNc1ccc(C)cc1C. The van der Waals surface area contributed by atoms with E-state index in [-0.39, 0.29) is 0 Å². The van der Waals surface area contributed by atoms with Crippen molar-refractivity contribution in [1.82, 2.24) is 0 Å². The number of aryl methyl sites for hydroxylation is 2. The summed E-state index contributed by atoms with van der Waals surface area (Å²) in [6.45, 7) is 7.31. The standard InChI is InChI=1S/C14H23NO2/c1-12-5-6-14(13(2)11-12)15-7-4-8-17-10-9-16-3/h5-6,11,15H,4,7-10H2,1-3H3. The van der Waals surface area contributed by atoms with Gasteiger partial charge in [0.15, 0.2) is 0 Å². The van der Waals surface area contributed by atoms with Crippen LogP contribution in [0.25, 0.3) is 0 Å². The first-order valence-electron chi connectivity index (χ1n) is 6.12. The molecular weight excluding hydrogens is 214 g/mol. The highest BCUT2D eigenvalue weighted by atomic mass is 16.5. The average Bonchev–Trinajstić information content (AvgIpc) is 2.30. The molecule has 0 unspecified atom stereocenters. The molecule has 0 aliphatic carbocycles. The van der Waals surface area contributed by atoms with Crippen LogP contribution in [0, 0.1) is 13.8 Å². The third-order valence-electron chi connectivity index (χ3n) is 2.59. The highest BCUT2D eigenvalue weighted by molar-refractivity contribution is 5.51. The van der Waals surface area contributed by atoms with E-state index in [4.69, 9.17) is 9.47 Å². The number of anilines is 1. The number of hydrogen-bond acceptors (Lipinski definition) is 3. The molecule has 1 aromatic carbocycles. The molecular formula is C14H23NO2. The lowest BCUT2D eigenvalue weighted by Gasteiger charge is -2.10. The highest BCUT2D eigenvalue weighted by Crippen LogP contribution is 2.15. The molecule has 3 heteroatoms. The van der Waals surface area contributed by atoms with Crippen molar-refractivity contribution < 1.29 is 9.47 Å². The van der Waals surface area contributed by atoms with E-state index in [0.717, 1.165) is 19.6 Å². The summed E-state index contributed by atoms with van der Waals surface area (Å²) < 4.78 is 10.3. The molecule has 17 heavy (non-hydrogen) atoms. The summed E-state index contributed by atoms with van der Waals surface area (Å²) in [4.78, 5) is 0. The zero-order chi connectivity index (χ0) is 12.5. The Morgan fingerprint density at radius 2 is 1.94 bits per heavy atom. The summed E-state index contributed by atoms with van der Waals surface area (Å²) in [6.07, 6.45) is 1.01. The molecule has 1 rings (SSSR count). The van der Waals surface area contributed by atoms with Crippen LogP contribution in [0.5, 0.6) is 0 Å². The van der Waals surface area contributed by atoms with E-state index < -0.39 is 0 Å². The molecule has 1 aromatic rings.